The van der Waals surface area contributed by atoms with E-state index >= 15 is 0 Å². The van der Waals surface area contributed by atoms with Crippen LogP contribution in [0.25, 0.3) is 0 Å². The molecule has 0 spiro atoms. The quantitative estimate of drug-likeness (QED) is 0.575. The maximum Gasteiger partial charge on any atom is 0.251 e. The van der Waals surface area contributed by atoms with Crippen molar-refractivity contribution in [2.45, 2.75) is 50.8 Å². The van der Waals surface area contributed by atoms with Gasteiger partial charge in [0.1, 0.15) is 6.10 Å². The fourth-order valence-corrected chi connectivity index (χ4v) is 4.97. The molecule has 3 heterocycles. The number of hydrogen-bond donors (Lipinski definition) is 1. The molecular formula is C24H37N5O2. The van der Waals surface area contributed by atoms with Crippen LogP contribution in [0.15, 0.2) is 35.3 Å². The van der Waals surface area contributed by atoms with Gasteiger partial charge in [-0.1, -0.05) is 36.8 Å². The molecule has 170 valence electrons. The molecule has 7 nitrogen and oxygen atoms in total. The molecular weight excluding hydrogens is 390 g/mol. The highest BCUT2D eigenvalue weighted by atomic mass is 16.5. The van der Waals surface area contributed by atoms with E-state index in [4.69, 9.17) is 4.74 Å². The van der Waals surface area contributed by atoms with Gasteiger partial charge in [0.25, 0.3) is 5.91 Å². The van der Waals surface area contributed by atoms with E-state index in [9.17, 15) is 4.79 Å². The number of nitrogens with zero attached hydrogens (tertiary/aromatic N) is 4. The second-order valence-electron chi connectivity index (χ2n) is 8.85. The van der Waals surface area contributed by atoms with Gasteiger partial charge in [0.05, 0.1) is 0 Å². The Balaban J connectivity index is 1.26. The number of guanidine groups is 1. The Hall–Kier alpha value is -2.12. The number of benzene rings is 1. The highest BCUT2D eigenvalue weighted by Crippen LogP contribution is 2.20. The number of carbonyl (C=O) groups excluding carboxylic acids is 1. The molecule has 1 amide bonds. The average Bonchev–Trinajstić information content (AvgIpc) is 3.36. The van der Waals surface area contributed by atoms with Gasteiger partial charge in [-0.3, -0.25) is 14.7 Å². The van der Waals surface area contributed by atoms with Crippen molar-refractivity contribution in [1.29, 1.82) is 0 Å². The fourth-order valence-electron chi connectivity index (χ4n) is 4.97. The van der Waals surface area contributed by atoms with Crippen LogP contribution in [0, 0.1) is 0 Å². The first-order chi connectivity index (χ1) is 15.2. The lowest BCUT2D eigenvalue weighted by Crippen LogP contribution is -2.56. The molecule has 4 rings (SSSR count). The molecule has 3 aliphatic heterocycles. The number of piperazine rings is 1. The number of carbonyl (C=O) groups is 1. The Morgan fingerprint density at radius 2 is 1.81 bits per heavy atom. The average molecular weight is 428 g/mol. The van der Waals surface area contributed by atoms with Gasteiger partial charge in [-0.2, -0.15) is 0 Å². The van der Waals surface area contributed by atoms with Crippen LogP contribution in [0.3, 0.4) is 0 Å². The number of amides is 1. The van der Waals surface area contributed by atoms with Crippen LogP contribution in [0.5, 0.6) is 0 Å². The van der Waals surface area contributed by atoms with Crippen LogP contribution < -0.4 is 5.32 Å². The maximum atomic E-state index is 12.6. The summed E-state index contributed by atoms with van der Waals surface area (Å²) in [6.45, 7) is 6.91. The molecule has 0 radical (unpaired) electrons. The topological polar surface area (TPSA) is 60.4 Å². The molecule has 1 aromatic carbocycles. The number of hydrogen-bond acceptors (Lipinski definition) is 4. The standard InChI is InChI=1S/C24H37N5O2/c1-25-24(28-15-13-27(14-16-28)23(30)22-11-7-17-31-22)26-18-21-10-5-6-12-29(21)19-20-8-3-2-4-9-20/h2-4,8-9,21-22H,5-7,10-19H2,1H3,(H,25,26). The van der Waals surface area contributed by atoms with E-state index in [0.29, 0.717) is 6.04 Å². The number of likely N-dealkylation sites (tertiary alicyclic amines) is 1. The maximum absolute atomic E-state index is 12.6. The predicted molar refractivity (Wildman–Crippen MR) is 123 cm³/mol. The van der Waals surface area contributed by atoms with Crippen molar-refractivity contribution in [2.75, 3.05) is 52.9 Å². The third-order valence-electron chi connectivity index (χ3n) is 6.78. The molecule has 0 aliphatic carbocycles. The van der Waals surface area contributed by atoms with Gasteiger partial charge < -0.3 is 19.9 Å². The number of aliphatic imine (C=N–C) groups is 1. The van der Waals surface area contributed by atoms with Crippen LogP contribution in [0.4, 0.5) is 0 Å². The third kappa shape index (κ3) is 5.77. The fraction of sp³-hybridized carbons (Fsp3) is 0.667. The van der Waals surface area contributed by atoms with Crippen LogP contribution in [0.1, 0.15) is 37.7 Å². The van der Waals surface area contributed by atoms with Crippen molar-refractivity contribution >= 4 is 11.9 Å². The van der Waals surface area contributed by atoms with E-state index in [0.717, 1.165) is 71.2 Å². The lowest BCUT2D eigenvalue weighted by atomic mass is 10.0. The summed E-state index contributed by atoms with van der Waals surface area (Å²) in [5, 5.41) is 3.63. The van der Waals surface area contributed by atoms with E-state index < -0.39 is 0 Å². The number of piperidine rings is 1. The monoisotopic (exact) mass is 427 g/mol. The Kier molecular flexibility index (Phi) is 7.81. The lowest BCUT2D eigenvalue weighted by Gasteiger charge is -2.39. The minimum atomic E-state index is -0.217. The summed E-state index contributed by atoms with van der Waals surface area (Å²) in [5.41, 5.74) is 1.38. The molecule has 3 aliphatic rings. The van der Waals surface area contributed by atoms with Gasteiger partial charge in [-0.25, -0.2) is 0 Å². The summed E-state index contributed by atoms with van der Waals surface area (Å²) in [4.78, 5) is 24.0. The van der Waals surface area contributed by atoms with E-state index in [1.165, 1.54) is 24.8 Å². The first-order valence-electron chi connectivity index (χ1n) is 11.9. The second kappa shape index (κ2) is 11.0. The summed E-state index contributed by atoms with van der Waals surface area (Å²) in [7, 11) is 1.86. The number of ether oxygens (including phenoxy) is 1. The predicted octanol–water partition coefficient (Wildman–Crippen LogP) is 1.94. The largest absolute Gasteiger partial charge is 0.368 e. The van der Waals surface area contributed by atoms with Gasteiger partial charge in [0.15, 0.2) is 5.96 Å². The Labute approximate surface area is 186 Å². The lowest BCUT2D eigenvalue weighted by molar-refractivity contribution is -0.142. The summed E-state index contributed by atoms with van der Waals surface area (Å²) in [6, 6.07) is 11.3. The van der Waals surface area contributed by atoms with Crippen LogP contribution in [-0.4, -0.2) is 91.6 Å². The molecule has 31 heavy (non-hydrogen) atoms. The highest BCUT2D eigenvalue weighted by molar-refractivity contribution is 5.82. The normalized spacial score (nSPS) is 25.6. The molecule has 0 aromatic heterocycles. The van der Waals surface area contributed by atoms with Crippen molar-refractivity contribution in [1.82, 2.24) is 20.0 Å². The Bertz CT molecular complexity index is 727. The van der Waals surface area contributed by atoms with Gasteiger partial charge >= 0.3 is 0 Å². The Morgan fingerprint density at radius 3 is 2.52 bits per heavy atom. The summed E-state index contributed by atoms with van der Waals surface area (Å²) >= 11 is 0. The molecule has 3 saturated heterocycles. The van der Waals surface area contributed by atoms with Crippen molar-refractivity contribution in [2.24, 2.45) is 4.99 Å². The van der Waals surface area contributed by atoms with Gasteiger partial charge in [0.2, 0.25) is 0 Å². The van der Waals surface area contributed by atoms with Gasteiger partial charge in [-0.05, 0) is 37.8 Å². The van der Waals surface area contributed by atoms with Crippen molar-refractivity contribution < 1.29 is 9.53 Å². The zero-order valence-electron chi connectivity index (χ0n) is 18.8. The molecule has 0 saturated carbocycles. The van der Waals surface area contributed by atoms with Crippen LogP contribution in [-0.2, 0) is 16.1 Å². The minimum Gasteiger partial charge on any atom is -0.368 e. The molecule has 1 aromatic rings. The van der Waals surface area contributed by atoms with E-state index in [-0.39, 0.29) is 12.0 Å². The summed E-state index contributed by atoms with van der Waals surface area (Å²) in [5.74, 6) is 1.12. The molecule has 2 unspecified atom stereocenters. The summed E-state index contributed by atoms with van der Waals surface area (Å²) in [6.07, 6.45) is 5.43. The second-order valence-corrected chi connectivity index (χ2v) is 8.85. The van der Waals surface area contributed by atoms with E-state index in [1.54, 1.807) is 0 Å². The van der Waals surface area contributed by atoms with E-state index in [1.807, 2.05) is 11.9 Å². The van der Waals surface area contributed by atoms with Gasteiger partial charge in [-0.15, -0.1) is 0 Å². The van der Waals surface area contributed by atoms with Gasteiger partial charge in [0, 0.05) is 59.0 Å². The number of nitrogens with one attached hydrogen (secondary N) is 1. The molecule has 3 fully saturated rings. The highest BCUT2D eigenvalue weighted by Gasteiger charge is 2.31. The molecule has 2 atom stereocenters. The molecule has 1 N–H and O–H groups in total. The van der Waals surface area contributed by atoms with Crippen molar-refractivity contribution in [3.63, 3.8) is 0 Å². The van der Waals surface area contributed by atoms with E-state index in [2.05, 4.69) is 50.4 Å². The first-order valence-corrected chi connectivity index (χ1v) is 11.9. The van der Waals surface area contributed by atoms with Crippen molar-refractivity contribution in [3.8, 4) is 0 Å². The van der Waals surface area contributed by atoms with Crippen LogP contribution in [0.2, 0.25) is 0 Å². The molecule has 7 heteroatoms. The first kappa shape index (κ1) is 22.1. The number of rotatable bonds is 5. The Morgan fingerprint density at radius 1 is 1.03 bits per heavy atom. The summed E-state index contributed by atoms with van der Waals surface area (Å²) < 4.78 is 5.58. The smallest absolute Gasteiger partial charge is 0.251 e. The van der Waals surface area contributed by atoms with Crippen molar-refractivity contribution in [3.05, 3.63) is 35.9 Å². The SMILES string of the molecule is CN=C(NCC1CCCCN1Cc1ccccc1)N1CCN(C(=O)C2CCCO2)CC1. The molecule has 0 bridgehead atoms. The zero-order valence-corrected chi connectivity index (χ0v) is 18.8. The zero-order chi connectivity index (χ0) is 21.5. The third-order valence-corrected chi connectivity index (χ3v) is 6.78. The van der Waals surface area contributed by atoms with Crippen LogP contribution >= 0.6 is 0 Å². The minimum absolute atomic E-state index is 0.166.